The van der Waals surface area contributed by atoms with E-state index in [1.807, 2.05) is 0 Å². The van der Waals surface area contributed by atoms with Crippen molar-refractivity contribution in [1.29, 1.82) is 0 Å². The van der Waals surface area contributed by atoms with Gasteiger partial charge in [0.2, 0.25) is 0 Å². The highest BCUT2D eigenvalue weighted by atomic mass is 19.4. The molecule has 0 unspecified atom stereocenters. The van der Waals surface area contributed by atoms with Gasteiger partial charge in [0.1, 0.15) is 5.54 Å². The zero-order chi connectivity index (χ0) is 18.1. The number of amides is 1. The molecule has 2 N–H and O–H groups in total. The van der Waals surface area contributed by atoms with Gasteiger partial charge in [-0.2, -0.15) is 18.3 Å². The van der Waals surface area contributed by atoms with Crippen LogP contribution in [-0.4, -0.2) is 32.3 Å². The summed E-state index contributed by atoms with van der Waals surface area (Å²) in [5.74, 6) is -1.87. The first-order chi connectivity index (χ1) is 11.0. The van der Waals surface area contributed by atoms with E-state index >= 15 is 0 Å². The highest BCUT2D eigenvalue weighted by Gasteiger charge is 2.33. The molecule has 0 radical (unpaired) electrons. The first-order valence-corrected chi connectivity index (χ1v) is 6.80. The van der Waals surface area contributed by atoms with E-state index in [9.17, 15) is 22.8 Å². The van der Waals surface area contributed by atoms with Crippen molar-refractivity contribution >= 4 is 11.9 Å². The van der Waals surface area contributed by atoms with Crippen molar-refractivity contribution in [2.75, 3.05) is 0 Å². The van der Waals surface area contributed by atoms with Crippen LogP contribution in [0, 0.1) is 0 Å². The second kappa shape index (κ2) is 5.99. The van der Waals surface area contributed by atoms with Gasteiger partial charge >= 0.3 is 12.1 Å². The Balaban J connectivity index is 2.28. The first-order valence-electron chi connectivity index (χ1n) is 6.80. The van der Waals surface area contributed by atoms with Crippen LogP contribution in [0.1, 0.15) is 29.9 Å². The van der Waals surface area contributed by atoms with Crippen LogP contribution in [0.15, 0.2) is 36.5 Å². The Kier molecular flexibility index (Phi) is 4.37. The summed E-state index contributed by atoms with van der Waals surface area (Å²) in [7, 11) is 0. The van der Waals surface area contributed by atoms with E-state index in [4.69, 9.17) is 5.11 Å². The molecule has 0 bridgehead atoms. The lowest BCUT2D eigenvalue weighted by Gasteiger charge is -2.21. The molecule has 24 heavy (non-hydrogen) atoms. The zero-order valence-electron chi connectivity index (χ0n) is 12.8. The van der Waals surface area contributed by atoms with Crippen LogP contribution in [0.2, 0.25) is 0 Å². The number of nitrogens with one attached hydrogen (secondary N) is 1. The third-order valence-corrected chi connectivity index (χ3v) is 3.21. The summed E-state index contributed by atoms with van der Waals surface area (Å²) in [6.07, 6.45) is -3.44. The predicted molar refractivity (Wildman–Crippen MR) is 77.7 cm³/mol. The van der Waals surface area contributed by atoms with Gasteiger partial charge in [-0.3, -0.25) is 4.79 Å². The number of nitrogens with zero attached hydrogens (tertiary/aromatic N) is 2. The van der Waals surface area contributed by atoms with Crippen LogP contribution < -0.4 is 5.32 Å². The normalized spacial score (nSPS) is 12.0. The molecular formula is C15H14F3N3O3. The number of aromatic nitrogens is 2. The molecule has 0 aliphatic carbocycles. The molecule has 128 valence electrons. The molecule has 0 aliphatic rings. The van der Waals surface area contributed by atoms with Crippen LogP contribution >= 0.6 is 0 Å². The van der Waals surface area contributed by atoms with Gasteiger partial charge in [0.25, 0.3) is 5.91 Å². The third kappa shape index (κ3) is 3.73. The molecular weight excluding hydrogens is 327 g/mol. The minimum Gasteiger partial charge on any atom is -0.480 e. The summed E-state index contributed by atoms with van der Waals surface area (Å²) in [4.78, 5) is 23.2. The maximum atomic E-state index is 12.6. The number of carboxylic acid groups (broad SMARTS) is 1. The number of rotatable bonds is 4. The summed E-state index contributed by atoms with van der Waals surface area (Å²) in [6, 6.07) is 6.50. The number of carbonyl (C=O) groups excluding carboxylic acids is 1. The number of carboxylic acids is 1. The highest BCUT2D eigenvalue weighted by molar-refractivity contribution is 5.98. The number of aliphatic carboxylic acids is 1. The molecule has 0 fully saturated rings. The lowest BCUT2D eigenvalue weighted by Crippen LogP contribution is -2.49. The smallest absolute Gasteiger partial charge is 0.435 e. The molecule has 0 atom stereocenters. The molecule has 1 aromatic heterocycles. The Bertz CT molecular complexity index is 782. The van der Waals surface area contributed by atoms with E-state index in [-0.39, 0.29) is 11.3 Å². The monoisotopic (exact) mass is 341 g/mol. The number of halogens is 3. The largest absolute Gasteiger partial charge is 0.480 e. The van der Waals surface area contributed by atoms with E-state index in [0.717, 1.165) is 16.9 Å². The van der Waals surface area contributed by atoms with Gasteiger partial charge in [-0.25, -0.2) is 9.48 Å². The maximum absolute atomic E-state index is 12.6. The van der Waals surface area contributed by atoms with E-state index in [1.165, 1.54) is 38.1 Å². The summed E-state index contributed by atoms with van der Waals surface area (Å²) in [6.45, 7) is 2.64. The summed E-state index contributed by atoms with van der Waals surface area (Å²) in [5.41, 5.74) is -2.19. The van der Waals surface area contributed by atoms with E-state index < -0.39 is 29.3 Å². The van der Waals surface area contributed by atoms with Gasteiger partial charge in [0.15, 0.2) is 5.69 Å². The number of hydrogen-bond donors (Lipinski definition) is 2. The van der Waals surface area contributed by atoms with Crippen molar-refractivity contribution < 1.29 is 27.9 Å². The standard InChI is InChI=1S/C15H14F3N3O3/c1-14(2,13(23)24)19-12(22)9-4-3-5-10(8-9)21-7-6-11(20-21)15(16,17)18/h3-8H,1-2H3,(H,19,22)(H,23,24). The van der Waals surface area contributed by atoms with Crippen LogP contribution in [-0.2, 0) is 11.0 Å². The van der Waals surface area contributed by atoms with Gasteiger partial charge < -0.3 is 10.4 Å². The summed E-state index contributed by atoms with van der Waals surface area (Å²) < 4.78 is 38.8. The number of hydrogen-bond acceptors (Lipinski definition) is 3. The Morgan fingerprint density at radius 3 is 2.42 bits per heavy atom. The third-order valence-electron chi connectivity index (χ3n) is 3.21. The van der Waals surface area contributed by atoms with Gasteiger partial charge in [-0.15, -0.1) is 0 Å². The average Bonchev–Trinajstić information content (AvgIpc) is 2.96. The van der Waals surface area contributed by atoms with Gasteiger partial charge in [0, 0.05) is 11.8 Å². The zero-order valence-corrected chi connectivity index (χ0v) is 12.8. The summed E-state index contributed by atoms with van der Waals surface area (Å²) in [5, 5.41) is 14.8. The molecule has 0 spiro atoms. The molecule has 9 heteroatoms. The number of benzene rings is 1. The SMILES string of the molecule is CC(C)(NC(=O)c1cccc(-n2ccc(C(F)(F)F)n2)c1)C(=O)O. The quantitative estimate of drug-likeness (QED) is 0.895. The molecule has 1 heterocycles. The van der Waals surface area contributed by atoms with Crippen molar-refractivity contribution in [3.05, 3.63) is 47.8 Å². The molecule has 1 amide bonds. The van der Waals surface area contributed by atoms with Crippen LogP contribution in [0.3, 0.4) is 0 Å². The molecule has 0 saturated heterocycles. The maximum Gasteiger partial charge on any atom is 0.435 e. The Hall–Kier alpha value is -2.84. The van der Waals surface area contributed by atoms with Crippen LogP contribution in [0.4, 0.5) is 13.2 Å². The second-order valence-electron chi connectivity index (χ2n) is 5.58. The second-order valence-corrected chi connectivity index (χ2v) is 5.58. The predicted octanol–water partition coefficient (Wildman–Crippen LogP) is 2.48. The van der Waals surface area contributed by atoms with E-state index in [2.05, 4.69) is 10.4 Å². The lowest BCUT2D eigenvalue weighted by molar-refractivity contribution is -0.143. The molecule has 1 aromatic carbocycles. The van der Waals surface area contributed by atoms with Crippen molar-refractivity contribution in [2.45, 2.75) is 25.6 Å². The van der Waals surface area contributed by atoms with Crippen molar-refractivity contribution in [1.82, 2.24) is 15.1 Å². The van der Waals surface area contributed by atoms with Crippen molar-refractivity contribution in [3.8, 4) is 5.69 Å². The summed E-state index contributed by atoms with van der Waals surface area (Å²) >= 11 is 0. The topological polar surface area (TPSA) is 84.2 Å². The Morgan fingerprint density at radius 2 is 1.88 bits per heavy atom. The minimum atomic E-state index is -4.56. The fraction of sp³-hybridized carbons (Fsp3) is 0.267. The molecule has 0 aliphatic heterocycles. The Labute approximate surface area is 134 Å². The average molecular weight is 341 g/mol. The molecule has 0 saturated carbocycles. The number of carbonyl (C=O) groups is 2. The first kappa shape index (κ1) is 17.5. The van der Waals surface area contributed by atoms with E-state index in [0.29, 0.717) is 0 Å². The minimum absolute atomic E-state index is 0.103. The Morgan fingerprint density at radius 1 is 1.21 bits per heavy atom. The van der Waals surface area contributed by atoms with Crippen molar-refractivity contribution in [2.24, 2.45) is 0 Å². The van der Waals surface area contributed by atoms with Gasteiger partial charge in [-0.1, -0.05) is 6.07 Å². The molecule has 6 nitrogen and oxygen atoms in total. The van der Waals surface area contributed by atoms with Crippen molar-refractivity contribution in [3.63, 3.8) is 0 Å². The number of alkyl halides is 3. The highest BCUT2D eigenvalue weighted by Crippen LogP contribution is 2.27. The van der Waals surface area contributed by atoms with E-state index in [1.54, 1.807) is 0 Å². The van der Waals surface area contributed by atoms with Crippen LogP contribution in [0.25, 0.3) is 5.69 Å². The fourth-order valence-electron chi connectivity index (χ4n) is 1.82. The lowest BCUT2D eigenvalue weighted by atomic mass is 10.1. The van der Waals surface area contributed by atoms with Crippen LogP contribution in [0.5, 0.6) is 0 Å². The van der Waals surface area contributed by atoms with Gasteiger partial charge in [0.05, 0.1) is 5.69 Å². The molecule has 2 rings (SSSR count). The fourth-order valence-corrected chi connectivity index (χ4v) is 1.82. The van der Waals surface area contributed by atoms with Gasteiger partial charge in [-0.05, 0) is 38.1 Å². The molecule has 2 aromatic rings.